The van der Waals surface area contributed by atoms with Crippen molar-refractivity contribution in [2.45, 2.75) is 12.5 Å². The van der Waals surface area contributed by atoms with Crippen LogP contribution in [0, 0.1) is 5.82 Å². The Bertz CT molecular complexity index is 840. The molecule has 6 nitrogen and oxygen atoms in total. The van der Waals surface area contributed by atoms with Gasteiger partial charge in [-0.05, 0) is 30.3 Å². The topological polar surface area (TPSA) is 67.9 Å². The number of rotatable bonds is 5. The molecule has 1 aliphatic heterocycles. The summed E-state index contributed by atoms with van der Waals surface area (Å²) < 4.78 is 23.7. The molecule has 1 heterocycles. The first-order chi connectivity index (χ1) is 12.5. The summed E-state index contributed by atoms with van der Waals surface area (Å²) in [4.78, 5) is 26.3. The van der Waals surface area contributed by atoms with E-state index in [2.05, 4.69) is 5.32 Å². The second kappa shape index (κ2) is 7.43. The molecule has 0 aromatic heterocycles. The standard InChI is InChI=1S/C19H19FN2O4/c1-25-15-6-7-16(17(10-15)26-2)19(24)21-13-9-18(23)22(11-13)14-5-3-4-12(20)8-14/h3-8,10,13H,9,11H2,1-2H3,(H,21,24)/t13-/m0/s1. The number of hydrogen-bond donors (Lipinski definition) is 1. The molecule has 1 aliphatic rings. The third kappa shape index (κ3) is 3.61. The molecule has 3 rings (SSSR count). The quantitative estimate of drug-likeness (QED) is 0.891. The summed E-state index contributed by atoms with van der Waals surface area (Å²) in [5, 5.41) is 2.84. The van der Waals surface area contributed by atoms with Crippen LogP contribution in [0.2, 0.25) is 0 Å². The van der Waals surface area contributed by atoms with E-state index in [-0.39, 0.29) is 30.8 Å². The van der Waals surface area contributed by atoms with Crippen molar-refractivity contribution in [3.8, 4) is 11.5 Å². The Labute approximate surface area is 150 Å². The lowest BCUT2D eigenvalue weighted by Crippen LogP contribution is -2.37. The van der Waals surface area contributed by atoms with Crippen LogP contribution < -0.4 is 19.7 Å². The molecule has 0 saturated carbocycles. The van der Waals surface area contributed by atoms with Crippen molar-refractivity contribution < 1.29 is 23.5 Å². The SMILES string of the molecule is COc1ccc(C(=O)N[C@H]2CC(=O)N(c3cccc(F)c3)C2)c(OC)c1. The second-order valence-corrected chi connectivity index (χ2v) is 5.92. The fraction of sp³-hybridized carbons (Fsp3) is 0.263. The molecule has 2 amide bonds. The fourth-order valence-electron chi connectivity index (χ4n) is 2.95. The van der Waals surface area contributed by atoms with Crippen LogP contribution in [0.15, 0.2) is 42.5 Å². The van der Waals surface area contributed by atoms with E-state index in [9.17, 15) is 14.0 Å². The van der Waals surface area contributed by atoms with E-state index in [1.54, 1.807) is 30.3 Å². The van der Waals surface area contributed by atoms with Crippen LogP contribution in [0.4, 0.5) is 10.1 Å². The highest BCUT2D eigenvalue weighted by molar-refractivity contribution is 6.00. The van der Waals surface area contributed by atoms with Gasteiger partial charge in [0.25, 0.3) is 5.91 Å². The maximum absolute atomic E-state index is 13.4. The molecule has 0 spiro atoms. The Hall–Kier alpha value is -3.09. The van der Waals surface area contributed by atoms with Crippen LogP contribution in [-0.4, -0.2) is 38.6 Å². The van der Waals surface area contributed by atoms with Crippen molar-refractivity contribution in [2.24, 2.45) is 0 Å². The maximum Gasteiger partial charge on any atom is 0.255 e. The van der Waals surface area contributed by atoms with E-state index in [1.807, 2.05) is 0 Å². The molecule has 1 N–H and O–H groups in total. The fourth-order valence-corrected chi connectivity index (χ4v) is 2.95. The lowest BCUT2D eigenvalue weighted by Gasteiger charge is -2.18. The van der Waals surface area contributed by atoms with Crippen LogP contribution in [0.5, 0.6) is 11.5 Å². The number of nitrogens with one attached hydrogen (secondary N) is 1. The third-order valence-electron chi connectivity index (χ3n) is 4.23. The summed E-state index contributed by atoms with van der Waals surface area (Å²) in [6, 6.07) is 10.3. The summed E-state index contributed by atoms with van der Waals surface area (Å²) in [6.45, 7) is 0.284. The van der Waals surface area contributed by atoms with Crippen molar-refractivity contribution in [2.75, 3.05) is 25.7 Å². The molecule has 0 radical (unpaired) electrons. The normalized spacial score (nSPS) is 16.5. The van der Waals surface area contributed by atoms with E-state index in [1.165, 1.54) is 31.3 Å². The van der Waals surface area contributed by atoms with Gasteiger partial charge in [-0.1, -0.05) is 6.07 Å². The number of nitrogens with zero attached hydrogens (tertiary/aromatic N) is 1. The molecule has 1 saturated heterocycles. The molecule has 7 heteroatoms. The Kier molecular flexibility index (Phi) is 5.06. The molecule has 26 heavy (non-hydrogen) atoms. The maximum atomic E-state index is 13.4. The monoisotopic (exact) mass is 358 g/mol. The first-order valence-corrected chi connectivity index (χ1v) is 8.10. The number of carbonyl (C=O) groups excluding carboxylic acids is 2. The Morgan fingerprint density at radius 2 is 2.00 bits per heavy atom. The van der Waals surface area contributed by atoms with Gasteiger partial charge in [0.05, 0.1) is 25.8 Å². The van der Waals surface area contributed by atoms with E-state index < -0.39 is 5.82 Å². The Morgan fingerprint density at radius 1 is 1.19 bits per heavy atom. The van der Waals surface area contributed by atoms with Crippen LogP contribution in [-0.2, 0) is 4.79 Å². The minimum absolute atomic E-state index is 0.153. The lowest BCUT2D eigenvalue weighted by molar-refractivity contribution is -0.117. The number of halogens is 1. The number of ether oxygens (including phenoxy) is 2. The predicted molar refractivity (Wildman–Crippen MR) is 94.2 cm³/mol. The van der Waals surface area contributed by atoms with Crippen molar-refractivity contribution in [3.05, 3.63) is 53.8 Å². The van der Waals surface area contributed by atoms with Crippen LogP contribution in [0.1, 0.15) is 16.8 Å². The highest BCUT2D eigenvalue weighted by Gasteiger charge is 2.32. The highest BCUT2D eigenvalue weighted by atomic mass is 19.1. The van der Waals surface area contributed by atoms with Gasteiger partial charge in [0, 0.05) is 24.7 Å². The first-order valence-electron chi connectivity index (χ1n) is 8.10. The zero-order valence-electron chi connectivity index (χ0n) is 14.5. The number of benzene rings is 2. The number of anilines is 1. The zero-order valence-corrected chi connectivity index (χ0v) is 14.5. The first kappa shape index (κ1) is 17.7. The largest absolute Gasteiger partial charge is 0.497 e. The summed E-state index contributed by atoms with van der Waals surface area (Å²) >= 11 is 0. The summed E-state index contributed by atoms with van der Waals surface area (Å²) in [5.74, 6) is 0.0385. The molecule has 0 unspecified atom stereocenters. The van der Waals surface area contributed by atoms with Gasteiger partial charge >= 0.3 is 0 Å². The average Bonchev–Trinajstić information content (AvgIpc) is 3.01. The van der Waals surface area contributed by atoms with Crippen LogP contribution in [0.25, 0.3) is 0 Å². The Morgan fingerprint density at radius 3 is 2.69 bits per heavy atom. The van der Waals surface area contributed by atoms with Gasteiger partial charge < -0.3 is 19.7 Å². The van der Waals surface area contributed by atoms with Gasteiger partial charge in [0.1, 0.15) is 17.3 Å². The van der Waals surface area contributed by atoms with Gasteiger partial charge in [-0.3, -0.25) is 9.59 Å². The third-order valence-corrected chi connectivity index (χ3v) is 4.23. The van der Waals surface area contributed by atoms with Crippen molar-refractivity contribution in [1.82, 2.24) is 5.32 Å². The lowest BCUT2D eigenvalue weighted by atomic mass is 10.1. The number of hydrogen-bond acceptors (Lipinski definition) is 4. The molecule has 1 fully saturated rings. The average molecular weight is 358 g/mol. The van der Waals surface area contributed by atoms with Crippen LogP contribution >= 0.6 is 0 Å². The molecule has 1 atom stereocenters. The minimum Gasteiger partial charge on any atom is -0.497 e. The van der Waals surface area contributed by atoms with Crippen molar-refractivity contribution >= 4 is 17.5 Å². The van der Waals surface area contributed by atoms with E-state index >= 15 is 0 Å². The van der Waals surface area contributed by atoms with E-state index in [4.69, 9.17) is 9.47 Å². The molecular formula is C19H19FN2O4. The Balaban J connectivity index is 1.72. The van der Waals surface area contributed by atoms with Gasteiger partial charge in [-0.2, -0.15) is 0 Å². The van der Waals surface area contributed by atoms with Gasteiger partial charge in [0.15, 0.2) is 0 Å². The van der Waals surface area contributed by atoms with Crippen LogP contribution in [0.3, 0.4) is 0 Å². The molecular weight excluding hydrogens is 339 g/mol. The van der Waals surface area contributed by atoms with E-state index in [0.29, 0.717) is 22.7 Å². The number of amides is 2. The second-order valence-electron chi connectivity index (χ2n) is 5.92. The van der Waals surface area contributed by atoms with Crippen molar-refractivity contribution in [1.29, 1.82) is 0 Å². The molecule has 2 aromatic carbocycles. The summed E-state index contributed by atoms with van der Waals surface area (Å²) in [6.07, 6.45) is 0.153. The number of carbonyl (C=O) groups is 2. The molecule has 0 bridgehead atoms. The minimum atomic E-state index is -0.411. The zero-order chi connectivity index (χ0) is 18.7. The van der Waals surface area contributed by atoms with Gasteiger partial charge in [0.2, 0.25) is 5.91 Å². The summed E-state index contributed by atoms with van der Waals surface area (Å²) in [7, 11) is 3.00. The molecule has 0 aliphatic carbocycles. The van der Waals surface area contributed by atoms with Gasteiger partial charge in [-0.15, -0.1) is 0 Å². The number of methoxy groups -OCH3 is 2. The van der Waals surface area contributed by atoms with Gasteiger partial charge in [-0.25, -0.2) is 4.39 Å². The summed E-state index contributed by atoms with van der Waals surface area (Å²) in [5.41, 5.74) is 0.832. The highest BCUT2D eigenvalue weighted by Crippen LogP contribution is 2.26. The van der Waals surface area contributed by atoms with E-state index in [0.717, 1.165) is 0 Å². The molecule has 2 aromatic rings. The molecule has 136 valence electrons. The predicted octanol–water partition coefficient (Wildman–Crippen LogP) is 2.38. The smallest absolute Gasteiger partial charge is 0.255 e. The van der Waals surface area contributed by atoms with Crippen molar-refractivity contribution in [3.63, 3.8) is 0 Å².